The normalized spacial score (nSPS) is 19.9. The maximum absolute atomic E-state index is 12.2. The molecule has 1 atom stereocenters. The van der Waals surface area contributed by atoms with Crippen LogP contribution in [-0.2, 0) is 16.1 Å². The first-order chi connectivity index (χ1) is 10.5. The minimum atomic E-state index is -0.389. The van der Waals surface area contributed by atoms with E-state index in [9.17, 15) is 9.59 Å². The highest BCUT2D eigenvalue weighted by atomic mass is 16.7. The average Bonchev–Trinajstić information content (AvgIpc) is 3.05. The van der Waals surface area contributed by atoms with E-state index in [1.807, 2.05) is 32.0 Å². The lowest BCUT2D eigenvalue weighted by Gasteiger charge is -2.25. The molecule has 1 aromatic rings. The summed E-state index contributed by atoms with van der Waals surface area (Å²) in [6, 6.07) is 5.28. The van der Waals surface area contributed by atoms with E-state index < -0.39 is 0 Å². The number of likely N-dealkylation sites (tertiary alicyclic amines) is 1. The second-order valence-electron chi connectivity index (χ2n) is 5.93. The number of fused-ring (bicyclic) bond motifs is 1. The Balaban J connectivity index is 1.74. The largest absolute Gasteiger partial charge is 0.454 e. The topological polar surface area (TPSA) is 67.9 Å². The van der Waals surface area contributed by atoms with Crippen molar-refractivity contribution in [3.63, 3.8) is 0 Å². The standard InChI is InChI=1S/C16H20N2O4/c1-10(2)17-16(20)12-4-6-15(19)18(12)8-11-3-5-13-14(7-11)22-9-21-13/h3,5,7,10,12H,4,6,8-9H2,1-2H3,(H,17,20). The van der Waals surface area contributed by atoms with Crippen molar-refractivity contribution in [2.45, 2.75) is 45.3 Å². The van der Waals surface area contributed by atoms with Gasteiger partial charge in [0.15, 0.2) is 11.5 Å². The first kappa shape index (κ1) is 14.7. The summed E-state index contributed by atoms with van der Waals surface area (Å²) in [6.07, 6.45) is 0.989. The fraction of sp³-hybridized carbons (Fsp3) is 0.500. The zero-order valence-electron chi connectivity index (χ0n) is 12.8. The van der Waals surface area contributed by atoms with Crippen LogP contribution < -0.4 is 14.8 Å². The molecule has 0 bridgehead atoms. The summed E-state index contributed by atoms with van der Waals surface area (Å²) in [6.45, 7) is 4.46. The van der Waals surface area contributed by atoms with Gasteiger partial charge in [0.25, 0.3) is 0 Å². The zero-order chi connectivity index (χ0) is 15.7. The molecule has 0 aliphatic carbocycles. The van der Waals surface area contributed by atoms with Gasteiger partial charge >= 0.3 is 0 Å². The van der Waals surface area contributed by atoms with Crippen LogP contribution in [0.2, 0.25) is 0 Å². The quantitative estimate of drug-likeness (QED) is 0.914. The number of ether oxygens (including phenoxy) is 2. The Hall–Kier alpha value is -2.24. The van der Waals surface area contributed by atoms with Gasteiger partial charge in [0.1, 0.15) is 6.04 Å². The summed E-state index contributed by atoms with van der Waals surface area (Å²) < 4.78 is 10.6. The molecule has 6 nitrogen and oxygen atoms in total. The van der Waals surface area contributed by atoms with Crippen molar-refractivity contribution in [2.75, 3.05) is 6.79 Å². The molecule has 1 saturated heterocycles. The smallest absolute Gasteiger partial charge is 0.243 e. The van der Waals surface area contributed by atoms with Crippen molar-refractivity contribution in [1.82, 2.24) is 10.2 Å². The lowest BCUT2D eigenvalue weighted by atomic mass is 10.1. The van der Waals surface area contributed by atoms with Gasteiger partial charge in [-0.1, -0.05) is 6.07 Å². The van der Waals surface area contributed by atoms with E-state index in [4.69, 9.17) is 9.47 Å². The molecule has 2 aliphatic heterocycles. The van der Waals surface area contributed by atoms with Gasteiger partial charge in [-0.2, -0.15) is 0 Å². The van der Waals surface area contributed by atoms with Crippen LogP contribution in [0, 0.1) is 0 Å². The predicted octanol–water partition coefficient (Wildman–Crippen LogP) is 1.43. The van der Waals surface area contributed by atoms with Crippen molar-refractivity contribution in [3.05, 3.63) is 23.8 Å². The molecule has 2 amide bonds. The number of rotatable bonds is 4. The van der Waals surface area contributed by atoms with Gasteiger partial charge in [0.2, 0.25) is 18.6 Å². The van der Waals surface area contributed by atoms with Gasteiger partial charge in [-0.05, 0) is 38.0 Å². The lowest BCUT2D eigenvalue weighted by molar-refractivity contribution is -0.136. The number of hydrogen-bond acceptors (Lipinski definition) is 4. The van der Waals surface area contributed by atoms with Crippen LogP contribution in [0.25, 0.3) is 0 Å². The third-order valence-corrected chi connectivity index (χ3v) is 3.85. The van der Waals surface area contributed by atoms with Crippen LogP contribution in [-0.4, -0.2) is 35.6 Å². The van der Waals surface area contributed by atoms with Crippen molar-refractivity contribution in [2.24, 2.45) is 0 Å². The molecular weight excluding hydrogens is 284 g/mol. The molecular formula is C16H20N2O4. The fourth-order valence-corrected chi connectivity index (χ4v) is 2.82. The van der Waals surface area contributed by atoms with Gasteiger partial charge in [-0.3, -0.25) is 9.59 Å². The SMILES string of the molecule is CC(C)NC(=O)C1CCC(=O)N1Cc1ccc2c(c1)OCO2. The zero-order valence-corrected chi connectivity index (χ0v) is 12.8. The van der Waals surface area contributed by atoms with E-state index in [-0.39, 0.29) is 30.7 Å². The molecule has 2 aliphatic rings. The fourth-order valence-electron chi connectivity index (χ4n) is 2.82. The van der Waals surface area contributed by atoms with Crippen LogP contribution >= 0.6 is 0 Å². The summed E-state index contributed by atoms with van der Waals surface area (Å²) in [4.78, 5) is 26.0. The van der Waals surface area contributed by atoms with E-state index in [0.717, 1.165) is 5.56 Å². The molecule has 118 valence electrons. The third kappa shape index (κ3) is 2.86. The van der Waals surface area contributed by atoms with Gasteiger partial charge in [0.05, 0.1) is 0 Å². The Morgan fingerprint density at radius 1 is 1.36 bits per heavy atom. The second kappa shape index (κ2) is 5.87. The first-order valence-electron chi connectivity index (χ1n) is 7.53. The second-order valence-corrected chi connectivity index (χ2v) is 5.93. The van der Waals surface area contributed by atoms with E-state index in [2.05, 4.69) is 5.32 Å². The van der Waals surface area contributed by atoms with E-state index in [1.54, 1.807) is 4.90 Å². The lowest BCUT2D eigenvalue weighted by Crippen LogP contribution is -2.46. The highest BCUT2D eigenvalue weighted by Gasteiger charge is 2.36. The van der Waals surface area contributed by atoms with Crippen LogP contribution in [0.4, 0.5) is 0 Å². The van der Waals surface area contributed by atoms with Crippen LogP contribution in [0.1, 0.15) is 32.3 Å². The van der Waals surface area contributed by atoms with Gasteiger partial charge in [-0.25, -0.2) is 0 Å². The van der Waals surface area contributed by atoms with Gasteiger partial charge in [0, 0.05) is 19.0 Å². The Kier molecular flexibility index (Phi) is 3.92. The molecule has 2 heterocycles. The highest BCUT2D eigenvalue weighted by Crippen LogP contribution is 2.33. The number of amides is 2. The van der Waals surface area contributed by atoms with Crippen molar-refractivity contribution in [3.8, 4) is 11.5 Å². The highest BCUT2D eigenvalue weighted by molar-refractivity contribution is 5.91. The number of carbonyl (C=O) groups is 2. The average molecular weight is 304 g/mol. The maximum atomic E-state index is 12.2. The minimum Gasteiger partial charge on any atom is -0.454 e. The number of carbonyl (C=O) groups excluding carboxylic acids is 2. The Bertz CT molecular complexity index is 600. The van der Waals surface area contributed by atoms with E-state index in [0.29, 0.717) is 30.9 Å². The van der Waals surface area contributed by atoms with Gasteiger partial charge < -0.3 is 19.7 Å². The summed E-state index contributed by atoms with van der Waals surface area (Å²) in [7, 11) is 0. The molecule has 0 aromatic heterocycles. The monoisotopic (exact) mass is 304 g/mol. The van der Waals surface area contributed by atoms with Gasteiger partial charge in [-0.15, -0.1) is 0 Å². The first-order valence-corrected chi connectivity index (χ1v) is 7.53. The number of nitrogens with zero attached hydrogens (tertiary/aromatic N) is 1. The number of hydrogen-bond donors (Lipinski definition) is 1. The molecule has 3 rings (SSSR count). The Morgan fingerprint density at radius 3 is 2.91 bits per heavy atom. The van der Waals surface area contributed by atoms with Crippen molar-refractivity contribution in [1.29, 1.82) is 0 Å². The van der Waals surface area contributed by atoms with Crippen molar-refractivity contribution >= 4 is 11.8 Å². The minimum absolute atomic E-state index is 0.0153. The van der Waals surface area contributed by atoms with Crippen molar-refractivity contribution < 1.29 is 19.1 Å². The molecule has 0 spiro atoms. The van der Waals surface area contributed by atoms with E-state index >= 15 is 0 Å². The Morgan fingerprint density at radius 2 is 2.14 bits per heavy atom. The summed E-state index contributed by atoms with van der Waals surface area (Å²) in [5.74, 6) is 1.33. The molecule has 6 heteroatoms. The summed E-state index contributed by atoms with van der Waals surface area (Å²) in [5.41, 5.74) is 0.932. The summed E-state index contributed by atoms with van der Waals surface area (Å²) >= 11 is 0. The number of benzene rings is 1. The third-order valence-electron chi connectivity index (χ3n) is 3.85. The molecule has 1 unspecified atom stereocenters. The Labute approximate surface area is 129 Å². The number of nitrogens with one attached hydrogen (secondary N) is 1. The molecule has 0 radical (unpaired) electrons. The van der Waals surface area contributed by atoms with Crippen LogP contribution in [0.3, 0.4) is 0 Å². The summed E-state index contributed by atoms with van der Waals surface area (Å²) in [5, 5.41) is 2.89. The molecule has 0 saturated carbocycles. The molecule has 1 aromatic carbocycles. The van der Waals surface area contributed by atoms with Crippen LogP contribution in [0.5, 0.6) is 11.5 Å². The van der Waals surface area contributed by atoms with Crippen LogP contribution in [0.15, 0.2) is 18.2 Å². The molecule has 1 fully saturated rings. The predicted molar refractivity (Wildman–Crippen MR) is 79.4 cm³/mol. The molecule has 22 heavy (non-hydrogen) atoms. The van der Waals surface area contributed by atoms with E-state index in [1.165, 1.54) is 0 Å². The molecule has 1 N–H and O–H groups in total. The maximum Gasteiger partial charge on any atom is 0.243 e.